The number of rotatable bonds is 4. The van der Waals surface area contributed by atoms with Crippen molar-refractivity contribution < 1.29 is 14.5 Å². The normalized spacial score (nSPS) is 11.1. The quantitative estimate of drug-likeness (QED) is 0.686. The molecule has 0 radical (unpaired) electrons. The average Bonchev–Trinajstić information content (AvgIpc) is 2.46. The van der Waals surface area contributed by atoms with Gasteiger partial charge < -0.3 is 10.5 Å². The predicted octanol–water partition coefficient (Wildman–Crippen LogP) is 3.78. The monoisotopic (exact) mass is 314 g/mol. The van der Waals surface area contributed by atoms with E-state index in [4.69, 9.17) is 10.5 Å². The van der Waals surface area contributed by atoms with Gasteiger partial charge in [-0.25, -0.2) is 0 Å². The standard InChI is InChI=1S/C17H18N2O4/c1-17(2,3)12-5-4-6-13(10-12)23-15-8-7-11(16(18)20)9-14(15)19(21)22/h4-10H,1-3H3,(H2,18,20). The van der Waals surface area contributed by atoms with Crippen LogP contribution in [0.2, 0.25) is 0 Å². The third-order valence-electron chi connectivity index (χ3n) is 3.37. The Labute approximate surface area is 134 Å². The molecule has 23 heavy (non-hydrogen) atoms. The van der Waals surface area contributed by atoms with Gasteiger partial charge in [0.05, 0.1) is 4.92 Å². The van der Waals surface area contributed by atoms with Crippen LogP contribution in [0.4, 0.5) is 5.69 Å². The van der Waals surface area contributed by atoms with Gasteiger partial charge in [-0.2, -0.15) is 0 Å². The summed E-state index contributed by atoms with van der Waals surface area (Å²) in [5.41, 5.74) is 5.89. The van der Waals surface area contributed by atoms with Crippen molar-refractivity contribution in [3.8, 4) is 11.5 Å². The number of carbonyl (C=O) groups excluding carboxylic acids is 1. The van der Waals surface area contributed by atoms with Crippen molar-refractivity contribution in [3.63, 3.8) is 0 Å². The minimum Gasteiger partial charge on any atom is -0.450 e. The number of nitro groups is 1. The van der Waals surface area contributed by atoms with Gasteiger partial charge in [0.25, 0.3) is 0 Å². The summed E-state index contributed by atoms with van der Waals surface area (Å²) in [7, 11) is 0. The molecule has 0 heterocycles. The van der Waals surface area contributed by atoms with Crippen LogP contribution in [0.15, 0.2) is 42.5 Å². The third kappa shape index (κ3) is 3.85. The molecule has 120 valence electrons. The fourth-order valence-corrected chi connectivity index (χ4v) is 2.05. The van der Waals surface area contributed by atoms with Gasteiger partial charge in [-0.05, 0) is 35.2 Å². The SMILES string of the molecule is CC(C)(C)c1cccc(Oc2ccc(C(N)=O)cc2[N+](=O)[O-])c1. The first-order valence-corrected chi connectivity index (χ1v) is 7.05. The maximum atomic E-state index is 11.2. The van der Waals surface area contributed by atoms with E-state index in [9.17, 15) is 14.9 Å². The van der Waals surface area contributed by atoms with E-state index < -0.39 is 10.8 Å². The molecule has 2 rings (SSSR count). The Bertz CT molecular complexity index is 763. The highest BCUT2D eigenvalue weighted by molar-refractivity contribution is 5.93. The maximum absolute atomic E-state index is 11.2. The lowest BCUT2D eigenvalue weighted by Gasteiger charge is -2.19. The summed E-state index contributed by atoms with van der Waals surface area (Å²) in [6.07, 6.45) is 0. The third-order valence-corrected chi connectivity index (χ3v) is 3.37. The molecule has 0 spiro atoms. The molecule has 2 aromatic carbocycles. The fourth-order valence-electron chi connectivity index (χ4n) is 2.05. The highest BCUT2D eigenvalue weighted by Crippen LogP contribution is 2.34. The number of hydrogen-bond donors (Lipinski definition) is 1. The number of ether oxygens (including phenoxy) is 1. The number of carbonyl (C=O) groups is 1. The van der Waals surface area contributed by atoms with E-state index in [1.807, 2.05) is 18.2 Å². The molecule has 0 fully saturated rings. The molecule has 1 amide bonds. The Kier molecular flexibility index (Phi) is 4.36. The topological polar surface area (TPSA) is 95.5 Å². The molecule has 0 saturated heterocycles. The Hall–Kier alpha value is -2.89. The minimum absolute atomic E-state index is 0.0612. The number of hydrogen-bond acceptors (Lipinski definition) is 4. The maximum Gasteiger partial charge on any atom is 0.312 e. The van der Waals surface area contributed by atoms with E-state index in [-0.39, 0.29) is 22.4 Å². The van der Waals surface area contributed by atoms with E-state index in [0.29, 0.717) is 5.75 Å². The highest BCUT2D eigenvalue weighted by Gasteiger charge is 2.19. The van der Waals surface area contributed by atoms with Gasteiger partial charge in [0.1, 0.15) is 5.75 Å². The molecule has 2 aromatic rings. The molecule has 0 bridgehead atoms. The average molecular weight is 314 g/mol. The first kappa shape index (κ1) is 16.5. The molecule has 6 nitrogen and oxygen atoms in total. The Morgan fingerprint density at radius 2 is 1.87 bits per heavy atom. The van der Waals surface area contributed by atoms with Crippen LogP contribution in [0.5, 0.6) is 11.5 Å². The first-order valence-electron chi connectivity index (χ1n) is 7.05. The zero-order chi connectivity index (χ0) is 17.2. The van der Waals surface area contributed by atoms with Gasteiger partial charge in [0.15, 0.2) is 0 Å². The van der Waals surface area contributed by atoms with E-state index in [0.717, 1.165) is 11.6 Å². The zero-order valence-electron chi connectivity index (χ0n) is 13.2. The van der Waals surface area contributed by atoms with Gasteiger partial charge in [-0.3, -0.25) is 14.9 Å². The van der Waals surface area contributed by atoms with Crippen molar-refractivity contribution in [2.24, 2.45) is 5.73 Å². The van der Waals surface area contributed by atoms with E-state index >= 15 is 0 Å². The van der Waals surface area contributed by atoms with Crippen molar-refractivity contribution in [3.05, 3.63) is 63.7 Å². The summed E-state index contributed by atoms with van der Waals surface area (Å²) in [4.78, 5) is 21.7. The second-order valence-corrected chi connectivity index (χ2v) is 6.18. The van der Waals surface area contributed by atoms with Crippen molar-refractivity contribution in [2.75, 3.05) is 0 Å². The molecular weight excluding hydrogens is 296 g/mol. The number of primary amides is 1. The van der Waals surface area contributed by atoms with Crippen molar-refractivity contribution in [1.82, 2.24) is 0 Å². The number of nitrogens with zero attached hydrogens (tertiary/aromatic N) is 1. The first-order chi connectivity index (χ1) is 10.7. The molecule has 2 N–H and O–H groups in total. The number of nitro benzene ring substituents is 1. The van der Waals surface area contributed by atoms with Gasteiger partial charge >= 0.3 is 5.69 Å². The lowest BCUT2D eigenvalue weighted by molar-refractivity contribution is -0.385. The van der Waals surface area contributed by atoms with Crippen LogP contribution in [0, 0.1) is 10.1 Å². The summed E-state index contributed by atoms with van der Waals surface area (Å²) >= 11 is 0. The van der Waals surface area contributed by atoms with Gasteiger partial charge in [-0.1, -0.05) is 32.9 Å². The molecule has 0 aliphatic heterocycles. The summed E-state index contributed by atoms with van der Waals surface area (Å²) < 4.78 is 5.65. The number of benzene rings is 2. The Morgan fingerprint density at radius 3 is 2.43 bits per heavy atom. The summed E-state index contributed by atoms with van der Waals surface area (Å²) in [5.74, 6) is -0.173. The zero-order valence-corrected chi connectivity index (χ0v) is 13.2. The minimum atomic E-state index is -0.727. The van der Waals surface area contributed by atoms with Crippen LogP contribution in [0.1, 0.15) is 36.7 Å². The number of amides is 1. The van der Waals surface area contributed by atoms with Crippen molar-refractivity contribution in [2.45, 2.75) is 26.2 Å². The van der Waals surface area contributed by atoms with E-state index in [1.54, 1.807) is 6.07 Å². The van der Waals surface area contributed by atoms with Crippen LogP contribution < -0.4 is 10.5 Å². The van der Waals surface area contributed by atoms with E-state index in [2.05, 4.69) is 20.8 Å². The Balaban J connectivity index is 2.40. The number of nitrogens with two attached hydrogens (primary N) is 1. The highest BCUT2D eigenvalue weighted by atomic mass is 16.6. The van der Waals surface area contributed by atoms with Crippen molar-refractivity contribution in [1.29, 1.82) is 0 Å². The van der Waals surface area contributed by atoms with Crippen LogP contribution in [-0.2, 0) is 5.41 Å². The lowest BCUT2D eigenvalue weighted by atomic mass is 9.87. The fraction of sp³-hybridized carbons (Fsp3) is 0.235. The largest absolute Gasteiger partial charge is 0.450 e. The molecule has 6 heteroatoms. The Morgan fingerprint density at radius 1 is 1.17 bits per heavy atom. The predicted molar refractivity (Wildman–Crippen MR) is 86.8 cm³/mol. The molecule has 0 saturated carbocycles. The summed E-state index contributed by atoms with van der Waals surface area (Å²) in [6, 6.07) is 11.3. The molecule has 0 atom stereocenters. The molecule has 0 aliphatic carbocycles. The smallest absolute Gasteiger partial charge is 0.312 e. The van der Waals surface area contributed by atoms with Crippen LogP contribution in [0.3, 0.4) is 0 Å². The molecule has 0 aromatic heterocycles. The van der Waals surface area contributed by atoms with Crippen LogP contribution in [0.25, 0.3) is 0 Å². The molecular formula is C17H18N2O4. The van der Waals surface area contributed by atoms with Gasteiger partial charge in [-0.15, -0.1) is 0 Å². The molecule has 0 aliphatic rings. The van der Waals surface area contributed by atoms with Crippen molar-refractivity contribution >= 4 is 11.6 Å². The van der Waals surface area contributed by atoms with Gasteiger partial charge in [0.2, 0.25) is 11.7 Å². The summed E-state index contributed by atoms with van der Waals surface area (Å²) in [6.45, 7) is 6.20. The van der Waals surface area contributed by atoms with Crippen LogP contribution in [-0.4, -0.2) is 10.8 Å². The van der Waals surface area contributed by atoms with Crippen LogP contribution >= 0.6 is 0 Å². The molecule has 0 unspecified atom stereocenters. The van der Waals surface area contributed by atoms with Gasteiger partial charge in [0, 0.05) is 11.6 Å². The summed E-state index contributed by atoms with van der Waals surface area (Å²) in [5, 5.41) is 11.2. The lowest BCUT2D eigenvalue weighted by Crippen LogP contribution is -2.11. The van der Waals surface area contributed by atoms with E-state index in [1.165, 1.54) is 12.1 Å². The second-order valence-electron chi connectivity index (χ2n) is 6.18. The second kappa shape index (κ2) is 6.08.